The third kappa shape index (κ3) is 1.96. The van der Waals surface area contributed by atoms with Crippen LogP contribution in [-0.2, 0) is 9.59 Å². The van der Waals surface area contributed by atoms with Gasteiger partial charge in [-0.1, -0.05) is 13.8 Å². The van der Waals surface area contributed by atoms with Gasteiger partial charge < -0.3 is 5.11 Å². The zero-order chi connectivity index (χ0) is 13.4. The Hall–Kier alpha value is -1.67. The third-order valence-electron chi connectivity index (χ3n) is 2.81. The monoisotopic (exact) mass is 244 g/mol. The fourth-order valence-corrected chi connectivity index (χ4v) is 1.80. The van der Waals surface area contributed by atoms with E-state index in [1.54, 1.807) is 13.8 Å². The third-order valence-corrected chi connectivity index (χ3v) is 2.81. The van der Waals surface area contributed by atoms with Crippen molar-refractivity contribution in [2.24, 2.45) is 11.8 Å². The van der Waals surface area contributed by atoms with E-state index in [0.717, 1.165) is 4.90 Å². The van der Waals surface area contributed by atoms with Crippen molar-refractivity contribution in [1.82, 2.24) is 15.6 Å². The van der Waals surface area contributed by atoms with E-state index in [9.17, 15) is 14.4 Å². The van der Waals surface area contributed by atoms with Gasteiger partial charge in [-0.2, -0.15) is 0 Å². The van der Waals surface area contributed by atoms with Gasteiger partial charge in [0, 0.05) is 0 Å². The second kappa shape index (κ2) is 4.30. The van der Waals surface area contributed by atoms with Gasteiger partial charge in [-0.05, 0) is 12.8 Å². The molecule has 0 saturated carbocycles. The number of aliphatic carboxylic acids is 1. The molecule has 96 valence electrons. The molecule has 17 heavy (non-hydrogen) atoms. The lowest BCUT2D eigenvalue weighted by atomic mass is 10.00. The normalized spacial score (nSPS) is 23.8. The van der Waals surface area contributed by atoms with E-state index in [1.165, 1.54) is 6.92 Å². The zero-order valence-electron chi connectivity index (χ0n) is 9.85. The Bertz CT molecular complexity index is 370. The quantitative estimate of drug-likeness (QED) is 0.280. The summed E-state index contributed by atoms with van der Waals surface area (Å²) in [5.74, 6) is 3.11. The van der Waals surface area contributed by atoms with Crippen LogP contribution in [0.4, 0.5) is 4.79 Å². The average Bonchev–Trinajstić information content (AvgIpc) is 2.52. The van der Waals surface area contributed by atoms with Crippen LogP contribution >= 0.6 is 0 Å². The van der Waals surface area contributed by atoms with Gasteiger partial charge in [0.25, 0.3) is 5.91 Å². The summed E-state index contributed by atoms with van der Waals surface area (Å²) in [4.78, 5) is 35.3. The summed E-state index contributed by atoms with van der Waals surface area (Å²) in [5.41, 5.74) is 0.241. The maximum atomic E-state index is 11.6. The molecule has 1 saturated heterocycles. The molecule has 0 spiro atoms. The average molecular weight is 244 g/mol. The van der Waals surface area contributed by atoms with Gasteiger partial charge in [0.05, 0.1) is 0 Å². The topological polar surface area (TPSA) is 125 Å². The highest BCUT2D eigenvalue weighted by molar-refractivity contribution is 6.06. The minimum atomic E-state index is -1.83. The molecular formula is C9H16N4O4. The molecule has 1 aliphatic rings. The van der Waals surface area contributed by atoms with Crippen LogP contribution in [-0.4, -0.2) is 39.6 Å². The lowest BCUT2D eigenvalue weighted by Gasteiger charge is -2.37. The molecule has 8 nitrogen and oxygen atoms in total. The van der Waals surface area contributed by atoms with E-state index in [1.807, 2.05) is 0 Å². The molecule has 0 radical (unpaired) electrons. The van der Waals surface area contributed by atoms with E-state index >= 15 is 0 Å². The molecule has 0 bridgehead atoms. The maximum Gasteiger partial charge on any atom is 0.345 e. The van der Waals surface area contributed by atoms with Crippen molar-refractivity contribution in [1.29, 1.82) is 0 Å². The van der Waals surface area contributed by atoms with Crippen LogP contribution in [0.1, 0.15) is 20.8 Å². The molecule has 0 aliphatic carbocycles. The highest BCUT2D eigenvalue weighted by atomic mass is 16.4. The van der Waals surface area contributed by atoms with E-state index in [4.69, 9.17) is 10.9 Å². The lowest BCUT2D eigenvalue weighted by Crippen LogP contribution is -2.67. The summed E-state index contributed by atoms with van der Waals surface area (Å²) in [6.07, 6.45) is 0. The number of nitrogens with two attached hydrogens (primary N) is 1. The number of amides is 3. The Morgan fingerprint density at radius 3 is 2.47 bits per heavy atom. The number of urea groups is 1. The van der Waals surface area contributed by atoms with Gasteiger partial charge in [-0.15, -0.1) is 0 Å². The fourth-order valence-electron chi connectivity index (χ4n) is 1.80. The largest absolute Gasteiger partial charge is 0.478 e. The van der Waals surface area contributed by atoms with E-state index < -0.39 is 29.6 Å². The summed E-state index contributed by atoms with van der Waals surface area (Å²) >= 11 is 0. The second-order valence-corrected chi connectivity index (χ2v) is 4.37. The highest BCUT2D eigenvalue weighted by Gasteiger charge is 2.53. The lowest BCUT2D eigenvalue weighted by molar-refractivity contribution is -0.152. The number of hydrazine groups is 1. The van der Waals surface area contributed by atoms with E-state index in [2.05, 4.69) is 10.7 Å². The highest BCUT2D eigenvalue weighted by Crippen LogP contribution is 2.24. The molecule has 2 unspecified atom stereocenters. The number of carboxylic acid groups (broad SMARTS) is 1. The van der Waals surface area contributed by atoms with Gasteiger partial charge in [0.15, 0.2) is 0 Å². The van der Waals surface area contributed by atoms with Crippen molar-refractivity contribution in [2.75, 3.05) is 0 Å². The zero-order valence-corrected chi connectivity index (χ0v) is 9.85. The van der Waals surface area contributed by atoms with Crippen LogP contribution < -0.4 is 16.6 Å². The minimum Gasteiger partial charge on any atom is -0.478 e. The van der Waals surface area contributed by atoms with Gasteiger partial charge in [0.1, 0.15) is 6.04 Å². The number of imide groups is 1. The first-order chi connectivity index (χ1) is 7.75. The van der Waals surface area contributed by atoms with E-state index in [-0.39, 0.29) is 5.92 Å². The summed E-state index contributed by atoms with van der Waals surface area (Å²) in [7, 11) is 0. The molecule has 1 heterocycles. The van der Waals surface area contributed by atoms with Crippen LogP contribution in [0.3, 0.4) is 0 Å². The number of carbonyl (C=O) groups excluding carboxylic acids is 2. The fraction of sp³-hybridized carbons (Fsp3) is 0.667. The van der Waals surface area contributed by atoms with Gasteiger partial charge in [-0.3, -0.25) is 20.9 Å². The van der Waals surface area contributed by atoms with E-state index in [0.29, 0.717) is 0 Å². The molecule has 8 heteroatoms. The van der Waals surface area contributed by atoms with Crippen LogP contribution in [0.5, 0.6) is 0 Å². The number of hydrogen-bond donors (Lipinski definition) is 4. The Morgan fingerprint density at radius 2 is 2.12 bits per heavy atom. The molecule has 0 aromatic rings. The molecule has 0 aromatic carbocycles. The van der Waals surface area contributed by atoms with Crippen molar-refractivity contribution < 1.29 is 19.5 Å². The number of rotatable bonds is 4. The first kappa shape index (κ1) is 13.4. The Balaban J connectivity index is 3.21. The van der Waals surface area contributed by atoms with Crippen LogP contribution in [0.2, 0.25) is 0 Å². The molecule has 3 amide bonds. The number of hydrogen-bond acceptors (Lipinski definition) is 5. The molecule has 1 rings (SSSR count). The standard InChI is InChI=1S/C9H16N4O4/c1-4(2)5-6(14)11-8(17)13(5)9(3,12-10)7(15)16/h4-5,12H,10H2,1-3H3,(H,15,16)(H,11,14,17). The number of nitrogens with zero attached hydrogens (tertiary/aromatic N) is 1. The molecule has 1 aliphatic heterocycles. The van der Waals surface area contributed by atoms with Crippen LogP contribution in [0.25, 0.3) is 0 Å². The van der Waals surface area contributed by atoms with Gasteiger partial charge in [-0.25, -0.2) is 15.0 Å². The number of carboxylic acids is 1. The van der Waals surface area contributed by atoms with Gasteiger partial charge in [0.2, 0.25) is 5.66 Å². The summed E-state index contributed by atoms with van der Waals surface area (Å²) in [5, 5.41) is 11.2. The maximum absolute atomic E-state index is 11.6. The number of carbonyl (C=O) groups is 3. The molecular weight excluding hydrogens is 228 g/mol. The van der Waals surface area contributed by atoms with Crippen LogP contribution in [0.15, 0.2) is 0 Å². The SMILES string of the molecule is CC(C)C1C(=O)NC(=O)N1C(C)(NN)C(=O)O. The van der Waals surface area contributed by atoms with Crippen molar-refractivity contribution in [3.8, 4) is 0 Å². The first-order valence-corrected chi connectivity index (χ1v) is 5.11. The summed E-state index contributed by atoms with van der Waals surface area (Å²) in [6, 6.07) is -1.63. The summed E-state index contributed by atoms with van der Waals surface area (Å²) in [6.45, 7) is 4.66. The van der Waals surface area contributed by atoms with Crippen LogP contribution in [0, 0.1) is 5.92 Å². The molecule has 5 N–H and O–H groups in total. The predicted molar refractivity (Wildman–Crippen MR) is 57.4 cm³/mol. The number of nitrogens with one attached hydrogen (secondary N) is 2. The molecule has 1 fully saturated rings. The summed E-state index contributed by atoms with van der Waals surface area (Å²) < 4.78 is 0. The minimum absolute atomic E-state index is 0.228. The van der Waals surface area contributed by atoms with Crippen molar-refractivity contribution >= 4 is 17.9 Å². The Labute approximate surface area is 98.1 Å². The second-order valence-electron chi connectivity index (χ2n) is 4.37. The molecule has 2 atom stereocenters. The predicted octanol–water partition coefficient (Wildman–Crippen LogP) is -1.17. The van der Waals surface area contributed by atoms with Crippen molar-refractivity contribution in [3.05, 3.63) is 0 Å². The molecule has 0 aromatic heterocycles. The Kier molecular flexibility index (Phi) is 3.39. The smallest absolute Gasteiger partial charge is 0.345 e. The first-order valence-electron chi connectivity index (χ1n) is 5.11. The van der Waals surface area contributed by atoms with Gasteiger partial charge >= 0.3 is 12.0 Å². The Morgan fingerprint density at radius 1 is 1.59 bits per heavy atom. The van der Waals surface area contributed by atoms with Crippen molar-refractivity contribution in [3.63, 3.8) is 0 Å². The van der Waals surface area contributed by atoms with Crippen molar-refractivity contribution in [2.45, 2.75) is 32.5 Å².